The second-order valence-corrected chi connectivity index (χ2v) is 9.37. The van der Waals surface area contributed by atoms with E-state index in [-0.39, 0.29) is 24.1 Å². The van der Waals surface area contributed by atoms with E-state index < -0.39 is 17.8 Å². The van der Waals surface area contributed by atoms with Crippen molar-refractivity contribution in [2.24, 2.45) is 0 Å². The summed E-state index contributed by atoms with van der Waals surface area (Å²) in [5.74, 6) is -1.01. The van der Waals surface area contributed by atoms with Crippen LogP contribution in [0.25, 0.3) is 0 Å². The number of benzene rings is 2. The number of esters is 1. The first kappa shape index (κ1) is 26.3. The zero-order chi connectivity index (χ0) is 26.5. The first-order valence-corrected chi connectivity index (χ1v) is 12.6. The summed E-state index contributed by atoms with van der Waals surface area (Å²) in [6.07, 6.45) is 0.753. The van der Waals surface area contributed by atoms with E-state index in [0.29, 0.717) is 49.5 Å². The minimum atomic E-state index is -0.833. The molecule has 9 heteroatoms. The average Bonchev–Trinajstić information content (AvgIpc) is 3.12. The largest absolute Gasteiger partial charge is 0.463 e. The molecule has 4 rings (SSSR count). The van der Waals surface area contributed by atoms with Gasteiger partial charge in [0.1, 0.15) is 5.82 Å². The number of hydrogen-bond donors (Lipinski definition) is 1. The van der Waals surface area contributed by atoms with Crippen LogP contribution in [0.1, 0.15) is 40.9 Å². The summed E-state index contributed by atoms with van der Waals surface area (Å²) in [6.45, 7) is 6.61. The molecule has 0 saturated carbocycles. The van der Waals surface area contributed by atoms with Gasteiger partial charge in [-0.15, -0.1) is 0 Å². The number of likely N-dealkylation sites (N-methyl/N-ethyl adjacent to an activating group) is 1. The number of nitrogens with one attached hydrogen (secondary N) is 1. The zero-order valence-corrected chi connectivity index (χ0v) is 21.5. The van der Waals surface area contributed by atoms with E-state index in [0.717, 1.165) is 12.0 Å². The van der Waals surface area contributed by atoms with Crippen LogP contribution in [0.4, 0.5) is 9.18 Å². The highest BCUT2D eigenvalue weighted by atomic mass is 19.1. The van der Waals surface area contributed by atoms with E-state index in [9.17, 15) is 18.8 Å². The minimum Gasteiger partial charge on any atom is -0.463 e. The SMILES string of the molecule is CCOC(=O)C1=C(CN2CCCN(C(=O)c3ccc(C)cc3)CC2)N(C)C(=O)NC1c1cccc(F)c1. The van der Waals surface area contributed by atoms with E-state index in [1.807, 2.05) is 36.1 Å². The number of aryl methyl sites for hydroxylation is 1. The number of carbonyl (C=O) groups excluding carboxylic acids is 3. The number of nitrogens with zero attached hydrogens (tertiary/aromatic N) is 3. The quantitative estimate of drug-likeness (QED) is 0.604. The molecule has 196 valence electrons. The third kappa shape index (κ3) is 5.99. The number of halogens is 1. The fourth-order valence-electron chi connectivity index (χ4n) is 4.76. The van der Waals surface area contributed by atoms with Crippen LogP contribution in [0.2, 0.25) is 0 Å². The third-order valence-corrected chi connectivity index (χ3v) is 6.80. The lowest BCUT2D eigenvalue weighted by Gasteiger charge is -2.36. The Morgan fingerprint density at radius 3 is 2.54 bits per heavy atom. The summed E-state index contributed by atoms with van der Waals surface area (Å²) in [6, 6.07) is 12.2. The Labute approximate surface area is 216 Å². The van der Waals surface area contributed by atoms with Gasteiger partial charge in [0.25, 0.3) is 5.91 Å². The molecule has 8 nitrogen and oxygen atoms in total. The molecule has 0 radical (unpaired) electrons. The van der Waals surface area contributed by atoms with E-state index in [4.69, 9.17) is 4.74 Å². The maximum atomic E-state index is 14.0. The van der Waals surface area contributed by atoms with Crippen LogP contribution in [0, 0.1) is 12.7 Å². The number of hydrogen-bond acceptors (Lipinski definition) is 5. The molecule has 2 aliphatic heterocycles. The minimum absolute atomic E-state index is 0.00592. The van der Waals surface area contributed by atoms with Gasteiger partial charge in [0.05, 0.1) is 18.2 Å². The Balaban J connectivity index is 1.59. The van der Waals surface area contributed by atoms with E-state index in [1.54, 1.807) is 26.1 Å². The summed E-state index contributed by atoms with van der Waals surface area (Å²) < 4.78 is 19.4. The van der Waals surface area contributed by atoms with Gasteiger partial charge in [-0.25, -0.2) is 14.0 Å². The molecule has 2 heterocycles. The van der Waals surface area contributed by atoms with Crippen LogP contribution in [0.3, 0.4) is 0 Å². The number of amides is 3. The molecular weight excluding hydrogens is 475 g/mol. The van der Waals surface area contributed by atoms with Crippen LogP contribution >= 0.6 is 0 Å². The van der Waals surface area contributed by atoms with Crippen LogP contribution in [-0.2, 0) is 9.53 Å². The second-order valence-electron chi connectivity index (χ2n) is 9.37. The predicted molar refractivity (Wildman–Crippen MR) is 137 cm³/mol. The van der Waals surface area contributed by atoms with Crippen molar-refractivity contribution in [2.45, 2.75) is 26.3 Å². The Morgan fingerprint density at radius 2 is 1.84 bits per heavy atom. The van der Waals surface area contributed by atoms with Crippen molar-refractivity contribution >= 4 is 17.9 Å². The number of urea groups is 1. The summed E-state index contributed by atoms with van der Waals surface area (Å²) in [4.78, 5) is 44.5. The van der Waals surface area contributed by atoms with E-state index >= 15 is 0 Å². The van der Waals surface area contributed by atoms with Crippen molar-refractivity contribution in [3.8, 4) is 0 Å². The van der Waals surface area contributed by atoms with Crippen molar-refractivity contribution in [1.29, 1.82) is 0 Å². The third-order valence-electron chi connectivity index (χ3n) is 6.80. The smallest absolute Gasteiger partial charge is 0.338 e. The second kappa shape index (κ2) is 11.6. The molecule has 2 aromatic rings. The summed E-state index contributed by atoms with van der Waals surface area (Å²) >= 11 is 0. The Hall–Kier alpha value is -3.72. The number of rotatable bonds is 6. The molecule has 2 aliphatic rings. The molecule has 1 saturated heterocycles. The molecular formula is C28H33FN4O4. The standard InChI is InChI=1S/C28H33FN4O4/c1-4-37-27(35)24-23(31(3)28(36)30-25(24)21-7-5-8-22(29)17-21)18-32-13-6-14-33(16-15-32)26(34)20-11-9-19(2)10-12-20/h5,7-12,17,25H,4,6,13-16,18H2,1-3H3,(H,30,36). The maximum absolute atomic E-state index is 14.0. The van der Waals surface area contributed by atoms with Crippen molar-refractivity contribution in [1.82, 2.24) is 20.0 Å². The Kier molecular flexibility index (Phi) is 8.23. The van der Waals surface area contributed by atoms with Gasteiger partial charge in [-0.3, -0.25) is 14.6 Å². The van der Waals surface area contributed by atoms with Gasteiger partial charge in [0.15, 0.2) is 0 Å². The van der Waals surface area contributed by atoms with Gasteiger partial charge >= 0.3 is 12.0 Å². The van der Waals surface area contributed by atoms with Crippen LogP contribution in [-0.4, -0.2) is 79.0 Å². The fraction of sp³-hybridized carbons (Fsp3) is 0.393. The molecule has 37 heavy (non-hydrogen) atoms. The summed E-state index contributed by atoms with van der Waals surface area (Å²) in [5.41, 5.74) is 3.02. The van der Waals surface area contributed by atoms with Gasteiger partial charge in [-0.2, -0.15) is 0 Å². The molecule has 0 bridgehead atoms. The lowest BCUT2D eigenvalue weighted by molar-refractivity contribution is -0.139. The van der Waals surface area contributed by atoms with Crippen molar-refractivity contribution in [2.75, 3.05) is 46.4 Å². The van der Waals surface area contributed by atoms with E-state index in [2.05, 4.69) is 10.2 Å². The van der Waals surface area contributed by atoms with Crippen LogP contribution < -0.4 is 5.32 Å². The van der Waals surface area contributed by atoms with E-state index in [1.165, 1.54) is 17.0 Å². The first-order valence-electron chi connectivity index (χ1n) is 12.6. The van der Waals surface area contributed by atoms with Gasteiger partial charge in [-0.05, 0) is 50.1 Å². The van der Waals surface area contributed by atoms with Gasteiger partial charge in [0, 0.05) is 51.0 Å². The first-order chi connectivity index (χ1) is 17.8. The van der Waals surface area contributed by atoms with Crippen LogP contribution in [0.5, 0.6) is 0 Å². The van der Waals surface area contributed by atoms with Gasteiger partial charge < -0.3 is 15.0 Å². The van der Waals surface area contributed by atoms with Crippen molar-refractivity contribution < 1.29 is 23.5 Å². The Bertz CT molecular complexity index is 1200. The molecule has 1 N–H and O–H groups in total. The molecule has 0 spiro atoms. The predicted octanol–water partition coefficient (Wildman–Crippen LogP) is 3.50. The monoisotopic (exact) mass is 508 g/mol. The van der Waals surface area contributed by atoms with Crippen molar-refractivity contribution in [3.63, 3.8) is 0 Å². The highest BCUT2D eigenvalue weighted by Gasteiger charge is 2.37. The topological polar surface area (TPSA) is 82.2 Å². The molecule has 3 amide bonds. The highest BCUT2D eigenvalue weighted by Crippen LogP contribution is 2.32. The van der Waals surface area contributed by atoms with Crippen molar-refractivity contribution in [3.05, 3.63) is 82.3 Å². The molecule has 0 aromatic heterocycles. The Morgan fingerprint density at radius 1 is 1.08 bits per heavy atom. The highest BCUT2D eigenvalue weighted by molar-refractivity contribution is 5.95. The maximum Gasteiger partial charge on any atom is 0.338 e. The number of ether oxygens (including phenoxy) is 1. The van der Waals surface area contributed by atoms with Gasteiger partial charge in [0.2, 0.25) is 0 Å². The molecule has 1 fully saturated rings. The number of carbonyl (C=O) groups is 3. The summed E-state index contributed by atoms with van der Waals surface area (Å²) in [5, 5.41) is 2.81. The average molecular weight is 509 g/mol. The summed E-state index contributed by atoms with van der Waals surface area (Å²) in [7, 11) is 1.61. The molecule has 1 unspecified atom stereocenters. The molecule has 0 aliphatic carbocycles. The lowest BCUT2D eigenvalue weighted by Crippen LogP contribution is -2.49. The molecule has 1 atom stereocenters. The van der Waals surface area contributed by atoms with Gasteiger partial charge in [-0.1, -0.05) is 29.8 Å². The normalized spacial score (nSPS) is 18.9. The molecule has 2 aromatic carbocycles. The van der Waals surface area contributed by atoms with Crippen LogP contribution in [0.15, 0.2) is 59.8 Å². The fourth-order valence-corrected chi connectivity index (χ4v) is 4.76. The lowest BCUT2D eigenvalue weighted by atomic mass is 9.94. The zero-order valence-electron chi connectivity index (χ0n) is 21.5.